The van der Waals surface area contributed by atoms with Crippen LogP contribution in [0.15, 0.2) is 46.2 Å². The molecule has 1 saturated heterocycles. The first kappa shape index (κ1) is 23.3. The summed E-state index contributed by atoms with van der Waals surface area (Å²) in [5.41, 5.74) is -0.295. The van der Waals surface area contributed by atoms with Gasteiger partial charge in [0.2, 0.25) is 0 Å². The molecule has 1 aliphatic rings. The van der Waals surface area contributed by atoms with Crippen molar-refractivity contribution in [1.82, 2.24) is 19.5 Å². The van der Waals surface area contributed by atoms with Crippen LogP contribution < -0.4 is 25.6 Å². The van der Waals surface area contributed by atoms with Gasteiger partial charge in [0.05, 0.1) is 35.6 Å². The van der Waals surface area contributed by atoms with Crippen LogP contribution in [0.3, 0.4) is 0 Å². The maximum Gasteiger partial charge on any atom is 0.329 e. The molecule has 2 aromatic carbocycles. The highest BCUT2D eigenvalue weighted by Gasteiger charge is 2.31. The Labute approximate surface area is 204 Å². The van der Waals surface area contributed by atoms with Gasteiger partial charge >= 0.3 is 5.69 Å². The van der Waals surface area contributed by atoms with Crippen LogP contribution in [0.25, 0.3) is 21.8 Å². The van der Waals surface area contributed by atoms with Gasteiger partial charge in [-0.3, -0.25) is 19.5 Å². The minimum absolute atomic E-state index is 0.0983. The summed E-state index contributed by atoms with van der Waals surface area (Å²) in [6.07, 6.45) is 2.00. The Hall–Kier alpha value is -4.48. The van der Waals surface area contributed by atoms with E-state index in [9.17, 15) is 19.7 Å². The Morgan fingerprint density at radius 2 is 1.83 bits per heavy atom. The van der Waals surface area contributed by atoms with Crippen LogP contribution in [0.4, 0.5) is 11.5 Å². The maximum atomic E-state index is 13.3. The summed E-state index contributed by atoms with van der Waals surface area (Å²) in [6.45, 7) is 3.03. The van der Waals surface area contributed by atoms with Gasteiger partial charge in [0.25, 0.3) is 11.2 Å². The van der Waals surface area contributed by atoms with E-state index in [-0.39, 0.29) is 28.6 Å². The van der Waals surface area contributed by atoms with Gasteiger partial charge in [-0.15, -0.1) is 0 Å². The minimum Gasteiger partial charge on any atom is -0.493 e. The predicted molar refractivity (Wildman–Crippen MR) is 133 cm³/mol. The fourth-order valence-corrected chi connectivity index (χ4v) is 4.96. The molecule has 0 saturated carbocycles. The number of nitro groups is 1. The molecule has 0 radical (unpaired) electrons. The molecule has 2 aromatic heterocycles. The minimum atomic E-state index is -0.563. The Bertz CT molecular complexity index is 1610. The summed E-state index contributed by atoms with van der Waals surface area (Å²) in [5, 5.41) is 12.1. The lowest BCUT2D eigenvalue weighted by Gasteiger charge is -2.38. The zero-order valence-electron chi connectivity index (χ0n) is 19.9. The molecule has 1 fully saturated rings. The number of non-ortho nitro benzene ring substituents is 1. The van der Waals surface area contributed by atoms with Gasteiger partial charge in [-0.2, -0.15) is 0 Å². The number of anilines is 1. The van der Waals surface area contributed by atoms with Crippen molar-refractivity contribution in [3.8, 4) is 11.5 Å². The number of aromatic nitrogens is 4. The highest BCUT2D eigenvalue weighted by Crippen LogP contribution is 2.37. The lowest BCUT2D eigenvalue weighted by molar-refractivity contribution is -0.384. The first-order valence-electron chi connectivity index (χ1n) is 11.4. The number of nitrogens with one attached hydrogen (secondary N) is 1. The highest BCUT2D eigenvalue weighted by molar-refractivity contribution is 5.92. The second kappa shape index (κ2) is 8.95. The number of benzene rings is 2. The Morgan fingerprint density at radius 1 is 1.08 bits per heavy atom. The third-order valence-corrected chi connectivity index (χ3v) is 6.73. The van der Waals surface area contributed by atoms with E-state index in [0.717, 1.165) is 11.2 Å². The average molecular weight is 492 g/mol. The van der Waals surface area contributed by atoms with Crippen molar-refractivity contribution < 1.29 is 14.4 Å². The number of piperidine rings is 1. The molecule has 1 N–H and O–H groups in total. The lowest BCUT2D eigenvalue weighted by Crippen LogP contribution is -2.47. The first-order chi connectivity index (χ1) is 17.3. The molecule has 12 heteroatoms. The van der Waals surface area contributed by atoms with Crippen LogP contribution >= 0.6 is 0 Å². The molecule has 0 spiro atoms. The van der Waals surface area contributed by atoms with E-state index in [1.54, 1.807) is 20.3 Å². The van der Waals surface area contributed by atoms with Crippen molar-refractivity contribution in [2.75, 3.05) is 32.2 Å². The lowest BCUT2D eigenvalue weighted by atomic mass is 9.93. The number of H-pyrrole nitrogens is 1. The number of aromatic amines is 1. The molecule has 12 nitrogen and oxygen atoms in total. The third-order valence-electron chi connectivity index (χ3n) is 6.73. The number of hydrogen-bond donors (Lipinski definition) is 1. The van der Waals surface area contributed by atoms with Crippen LogP contribution in [0.2, 0.25) is 0 Å². The molecule has 1 aliphatic heterocycles. The molecular formula is C24H24N6O6. The zero-order chi connectivity index (χ0) is 25.6. The molecule has 0 amide bonds. The summed E-state index contributed by atoms with van der Waals surface area (Å²) >= 11 is 0. The van der Waals surface area contributed by atoms with Crippen LogP contribution in [0, 0.1) is 16.0 Å². The number of rotatable bonds is 5. The summed E-state index contributed by atoms with van der Waals surface area (Å²) in [4.78, 5) is 50.5. The second-order valence-electron chi connectivity index (χ2n) is 8.79. The zero-order valence-corrected chi connectivity index (χ0v) is 19.9. The maximum absolute atomic E-state index is 13.3. The number of fused-ring (bicyclic) bond motifs is 2. The third kappa shape index (κ3) is 3.80. The van der Waals surface area contributed by atoms with Crippen molar-refractivity contribution in [3.63, 3.8) is 0 Å². The van der Waals surface area contributed by atoms with Gasteiger partial charge in [-0.25, -0.2) is 14.8 Å². The topological polar surface area (TPSA) is 145 Å². The van der Waals surface area contributed by atoms with E-state index in [1.165, 1.54) is 29.1 Å². The number of methoxy groups -OCH3 is 2. The Kier molecular flexibility index (Phi) is 5.78. The summed E-state index contributed by atoms with van der Waals surface area (Å²) in [7, 11) is 3.13. The largest absolute Gasteiger partial charge is 0.493 e. The van der Waals surface area contributed by atoms with Gasteiger partial charge in [0.15, 0.2) is 11.5 Å². The summed E-state index contributed by atoms with van der Waals surface area (Å²) in [6, 6.07) is 7.10. The Balaban J connectivity index is 1.50. The summed E-state index contributed by atoms with van der Waals surface area (Å²) < 4.78 is 12.0. The van der Waals surface area contributed by atoms with E-state index >= 15 is 0 Å². The molecule has 2 atom stereocenters. The van der Waals surface area contributed by atoms with Crippen LogP contribution in [0.1, 0.15) is 19.4 Å². The SMILES string of the molecule is COc1cc2ncnc(N3CCC(n4c(=O)[nH]c5ccc([N+](=O)[O-])cc5c4=O)C(C)C3)c2cc1OC. The number of ether oxygens (including phenoxy) is 2. The molecule has 36 heavy (non-hydrogen) atoms. The van der Waals surface area contributed by atoms with Gasteiger partial charge < -0.3 is 19.4 Å². The van der Waals surface area contributed by atoms with Crippen molar-refractivity contribution >= 4 is 33.3 Å². The normalized spacial score (nSPS) is 17.9. The van der Waals surface area contributed by atoms with Crippen molar-refractivity contribution in [1.29, 1.82) is 0 Å². The molecular weight excluding hydrogens is 468 g/mol. The van der Waals surface area contributed by atoms with E-state index < -0.39 is 16.2 Å². The molecule has 5 rings (SSSR count). The average Bonchev–Trinajstić information content (AvgIpc) is 2.88. The number of nitrogens with zero attached hydrogens (tertiary/aromatic N) is 5. The predicted octanol–water partition coefficient (Wildman–Crippen LogP) is 2.65. The fraction of sp³-hybridized carbons (Fsp3) is 0.333. The van der Waals surface area contributed by atoms with Crippen molar-refractivity contribution in [2.45, 2.75) is 19.4 Å². The molecule has 4 aromatic rings. The van der Waals surface area contributed by atoms with Gasteiger partial charge in [0.1, 0.15) is 12.1 Å². The number of hydrogen-bond acceptors (Lipinski definition) is 9. The monoisotopic (exact) mass is 492 g/mol. The van der Waals surface area contributed by atoms with Crippen molar-refractivity contribution in [3.05, 3.63) is 67.6 Å². The molecule has 0 aliphatic carbocycles. The summed E-state index contributed by atoms with van der Waals surface area (Å²) in [5.74, 6) is 1.75. The molecule has 0 bridgehead atoms. The second-order valence-corrected chi connectivity index (χ2v) is 8.79. The number of nitro benzene ring substituents is 1. The van der Waals surface area contributed by atoms with E-state index in [4.69, 9.17) is 9.47 Å². The smallest absolute Gasteiger partial charge is 0.329 e. The van der Waals surface area contributed by atoms with Crippen LogP contribution in [-0.4, -0.2) is 51.8 Å². The highest BCUT2D eigenvalue weighted by atomic mass is 16.6. The quantitative estimate of drug-likeness (QED) is 0.328. The van der Waals surface area contributed by atoms with Crippen LogP contribution in [-0.2, 0) is 0 Å². The fourth-order valence-electron chi connectivity index (χ4n) is 4.96. The molecule has 3 heterocycles. The van der Waals surface area contributed by atoms with Crippen LogP contribution in [0.5, 0.6) is 11.5 Å². The van der Waals surface area contributed by atoms with Crippen molar-refractivity contribution in [2.24, 2.45) is 5.92 Å². The van der Waals surface area contributed by atoms with Gasteiger partial charge in [-0.05, 0) is 24.5 Å². The van der Waals surface area contributed by atoms with E-state index in [2.05, 4.69) is 19.9 Å². The van der Waals surface area contributed by atoms with E-state index in [1.807, 2.05) is 13.0 Å². The van der Waals surface area contributed by atoms with E-state index in [0.29, 0.717) is 36.5 Å². The standard InChI is InChI=1S/C24H24N6O6/c1-13-11-28(22-15-9-20(35-2)21(36-3)10-18(15)25-12-26-22)7-6-19(13)29-23(31)16-8-14(30(33)34)4-5-17(16)27-24(29)32/h4-5,8-10,12-13,19H,6-7,11H2,1-3H3,(H,27,32). The van der Waals surface area contributed by atoms with Gasteiger partial charge in [-0.1, -0.05) is 6.92 Å². The first-order valence-corrected chi connectivity index (χ1v) is 11.4. The molecule has 2 unspecified atom stereocenters. The van der Waals surface area contributed by atoms with Gasteiger partial charge in [0, 0.05) is 42.7 Å². The molecule has 186 valence electrons. The Morgan fingerprint density at radius 3 is 2.53 bits per heavy atom.